The Morgan fingerprint density at radius 1 is 1.25 bits per heavy atom. The number of hydrogen-bond acceptors (Lipinski definition) is 3. The first kappa shape index (κ1) is 14.3. The molecule has 0 radical (unpaired) electrons. The second-order valence-corrected chi connectivity index (χ2v) is 4.69. The number of carbonyl (C=O) groups is 1. The minimum atomic E-state index is -0.0471. The van der Waals surface area contributed by atoms with Crippen molar-refractivity contribution in [1.29, 1.82) is 0 Å². The number of anilines is 1. The topological polar surface area (TPSA) is 42.0 Å². The molecule has 0 amide bonds. The van der Waals surface area contributed by atoms with Gasteiger partial charge in [0.2, 0.25) is 0 Å². The molecule has 0 aliphatic rings. The molecular weight excluding hydrogens is 272 g/mol. The lowest BCUT2D eigenvalue weighted by Crippen LogP contribution is -1.97. The summed E-state index contributed by atoms with van der Waals surface area (Å²) in [4.78, 5) is 16.0. The molecule has 3 nitrogen and oxygen atoms in total. The maximum absolute atomic E-state index is 11.9. The number of ketones is 1. The lowest BCUT2D eigenvalue weighted by Gasteiger charge is -2.00. The number of aromatic nitrogens is 1. The number of nitrogens with one attached hydrogen (secondary N) is 1. The summed E-state index contributed by atoms with van der Waals surface area (Å²) in [6.45, 7) is 2.08. The Hall–Kier alpha value is -2.13. The predicted octanol–water partition coefficient (Wildman–Crippen LogP) is 4.11. The van der Waals surface area contributed by atoms with Gasteiger partial charge < -0.3 is 5.32 Å². The Labute approximate surface area is 123 Å². The molecule has 102 valence electrons. The van der Waals surface area contributed by atoms with Crippen LogP contribution < -0.4 is 5.32 Å². The molecular formula is C16H15ClN2O. The molecule has 0 aliphatic carbocycles. The zero-order valence-electron chi connectivity index (χ0n) is 11.1. The maximum Gasteiger partial charge on any atom is 0.187 e. The van der Waals surface area contributed by atoms with Gasteiger partial charge in [-0.25, -0.2) is 4.98 Å². The third kappa shape index (κ3) is 3.93. The van der Waals surface area contributed by atoms with Crippen molar-refractivity contribution in [1.82, 2.24) is 4.98 Å². The van der Waals surface area contributed by atoms with Gasteiger partial charge in [-0.1, -0.05) is 42.8 Å². The van der Waals surface area contributed by atoms with Gasteiger partial charge >= 0.3 is 0 Å². The van der Waals surface area contributed by atoms with E-state index in [1.54, 1.807) is 24.5 Å². The van der Waals surface area contributed by atoms with E-state index in [1.807, 2.05) is 24.3 Å². The Kier molecular flexibility index (Phi) is 4.91. The Bertz CT molecular complexity index is 603. The van der Waals surface area contributed by atoms with Crippen molar-refractivity contribution >= 4 is 23.2 Å². The monoisotopic (exact) mass is 286 g/mol. The van der Waals surface area contributed by atoms with E-state index in [4.69, 9.17) is 11.6 Å². The summed E-state index contributed by atoms with van der Waals surface area (Å²) in [5, 5.41) is 3.50. The number of allylic oxidation sites excluding steroid dienone is 1. The molecule has 0 aliphatic heterocycles. The smallest absolute Gasteiger partial charge is 0.187 e. The number of pyridine rings is 1. The van der Waals surface area contributed by atoms with Crippen LogP contribution >= 0.6 is 11.6 Å². The molecule has 0 atom stereocenters. The predicted molar refractivity (Wildman–Crippen MR) is 82.2 cm³/mol. The van der Waals surface area contributed by atoms with E-state index in [9.17, 15) is 4.79 Å². The van der Waals surface area contributed by atoms with Gasteiger partial charge in [-0.05, 0) is 24.1 Å². The van der Waals surface area contributed by atoms with E-state index in [2.05, 4.69) is 17.2 Å². The van der Waals surface area contributed by atoms with Crippen LogP contribution in [0.3, 0.4) is 0 Å². The molecule has 20 heavy (non-hydrogen) atoms. The summed E-state index contributed by atoms with van der Waals surface area (Å²) in [5.41, 5.74) is 1.89. The fraction of sp³-hybridized carbons (Fsp3) is 0.125. The number of hydrogen-bond donors (Lipinski definition) is 1. The molecule has 2 rings (SSSR count). The molecule has 4 heteroatoms. The molecule has 0 saturated heterocycles. The summed E-state index contributed by atoms with van der Waals surface area (Å²) in [5.74, 6) is 0.592. The number of nitrogens with zero attached hydrogens (tertiary/aromatic N) is 1. The zero-order valence-corrected chi connectivity index (χ0v) is 11.9. The molecule has 1 aromatic heterocycles. The third-order valence-electron chi connectivity index (χ3n) is 2.84. The zero-order chi connectivity index (χ0) is 14.4. The van der Waals surface area contributed by atoms with Crippen molar-refractivity contribution in [2.45, 2.75) is 13.3 Å². The lowest BCUT2D eigenvalue weighted by atomic mass is 10.1. The molecule has 0 spiro atoms. The first-order chi connectivity index (χ1) is 9.69. The summed E-state index contributed by atoms with van der Waals surface area (Å²) in [6, 6.07) is 11.1. The fourth-order valence-corrected chi connectivity index (χ4v) is 1.78. The fourth-order valence-electron chi connectivity index (χ4n) is 1.66. The quantitative estimate of drug-likeness (QED) is 0.664. The molecule has 1 aromatic carbocycles. The van der Waals surface area contributed by atoms with Gasteiger partial charge in [-0.3, -0.25) is 4.79 Å². The van der Waals surface area contributed by atoms with Crippen molar-refractivity contribution in [2.24, 2.45) is 0 Å². The van der Waals surface area contributed by atoms with Gasteiger partial charge in [-0.2, -0.15) is 0 Å². The summed E-state index contributed by atoms with van der Waals surface area (Å²) >= 11 is 5.74. The average molecular weight is 287 g/mol. The van der Waals surface area contributed by atoms with Crippen LogP contribution in [-0.2, 0) is 6.42 Å². The Morgan fingerprint density at radius 3 is 2.60 bits per heavy atom. The van der Waals surface area contributed by atoms with E-state index in [-0.39, 0.29) is 5.78 Å². The SMILES string of the molecule is CCc1ccc(C(=O)C=CNc2ccc(Cl)cn2)cc1. The number of carbonyl (C=O) groups excluding carboxylic acids is 1. The van der Waals surface area contributed by atoms with Gasteiger partial charge in [0.25, 0.3) is 0 Å². The van der Waals surface area contributed by atoms with Crippen LogP contribution in [0.1, 0.15) is 22.8 Å². The molecule has 2 aromatic rings. The van der Waals surface area contributed by atoms with Crippen molar-refractivity contribution in [3.63, 3.8) is 0 Å². The first-order valence-electron chi connectivity index (χ1n) is 6.37. The highest BCUT2D eigenvalue weighted by molar-refractivity contribution is 6.30. The van der Waals surface area contributed by atoms with Crippen LogP contribution in [0.5, 0.6) is 0 Å². The number of halogens is 1. The van der Waals surface area contributed by atoms with E-state index in [0.717, 1.165) is 6.42 Å². The number of aryl methyl sites for hydroxylation is 1. The summed E-state index contributed by atoms with van der Waals surface area (Å²) in [7, 11) is 0. The minimum absolute atomic E-state index is 0.0471. The molecule has 0 unspecified atom stereocenters. The maximum atomic E-state index is 11.9. The van der Waals surface area contributed by atoms with Gasteiger partial charge in [0.05, 0.1) is 5.02 Å². The van der Waals surface area contributed by atoms with Crippen LogP contribution in [0.15, 0.2) is 54.9 Å². The van der Waals surface area contributed by atoms with Crippen molar-refractivity contribution in [3.05, 3.63) is 71.0 Å². The lowest BCUT2D eigenvalue weighted by molar-refractivity contribution is 0.104. The van der Waals surface area contributed by atoms with Crippen molar-refractivity contribution in [3.8, 4) is 0 Å². The van der Waals surface area contributed by atoms with Crippen LogP contribution in [0.25, 0.3) is 0 Å². The van der Waals surface area contributed by atoms with Crippen molar-refractivity contribution in [2.75, 3.05) is 5.32 Å². The Morgan fingerprint density at radius 2 is 2.00 bits per heavy atom. The second kappa shape index (κ2) is 6.87. The van der Waals surface area contributed by atoms with Gasteiger partial charge in [-0.15, -0.1) is 0 Å². The minimum Gasteiger partial charge on any atom is -0.347 e. The molecule has 1 N–H and O–H groups in total. The van der Waals surface area contributed by atoms with Crippen LogP contribution in [-0.4, -0.2) is 10.8 Å². The molecule has 0 bridgehead atoms. The highest BCUT2D eigenvalue weighted by Gasteiger charge is 2.01. The summed E-state index contributed by atoms with van der Waals surface area (Å²) in [6.07, 6.45) is 5.57. The average Bonchev–Trinajstić information content (AvgIpc) is 2.49. The molecule has 0 saturated carbocycles. The van der Waals surface area contributed by atoms with Crippen LogP contribution in [0.2, 0.25) is 5.02 Å². The highest BCUT2D eigenvalue weighted by Crippen LogP contribution is 2.10. The normalized spacial score (nSPS) is 10.7. The van der Waals surface area contributed by atoms with Crippen LogP contribution in [0.4, 0.5) is 5.82 Å². The first-order valence-corrected chi connectivity index (χ1v) is 6.74. The third-order valence-corrected chi connectivity index (χ3v) is 3.06. The Balaban J connectivity index is 1.96. The second-order valence-electron chi connectivity index (χ2n) is 4.25. The van der Waals surface area contributed by atoms with E-state index < -0.39 is 0 Å². The van der Waals surface area contributed by atoms with Gasteiger partial charge in [0, 0.05) is 24.0 Å². The standard InChI is InChI=1S/C16H15ClN2O/c1-2-12-3-5-13(6-4-12)15(20)9-10-18-16-8-7-14(17)11-19-16/h3-11H,2H2,1H3,(H,18,19). The van der Waals surface area contributed by atoms with E-state index in [1.165, 1.54) is 11.6 Å². The highest BCUT2D eigenvalue weighted by atomic mass is 35.5. The van der Waals surface area contributed by atoms with Crippen LogP contribution in [0, 0.1) is 0 Å². The van der Waals surface area contributed by atoms with E-state index >= 15 is 0 Å². The summed E-state index contributed by atoms with van der Waals surface area (Å²) < 4.78 is 0. The molecule has 1 heterocycles. The molecule has 0 fully saturated rings. The van der Waals surface area contributed by atoms with Gasteiger partial charge in [0.1, 0.15) is 5.82 Å². The van der Waals surface area contributed by atoms with Crippen molar-refractivity contribution < 1.29 is 4.79 Å². The number of rotatable bonds is 5. The van der Waals surface area contributed by atoms with E-state index in [0.29, 0.717) is 16.4 Å². The largest absolute Gasteiger partial charge is 0.347 e. The van der Waals surface area contributed by atoms with Gasteiger partial charge in [0.15, 0.2) is 5.78 Å². The number of benzene rings is 1.